The molecule has 1 N–H and O–H groups in total. The minimum Gasteiger partial charge on any atom is -0.316 e. The zero-order valence-corrected chi connectivity index (χ0v) is 9.56. The van der Waals surface area contributed by atoms with Crippen LogP contribution in [-0.4, -0.2) is 19.3 Å². The number of hydrogen-bond donors (Lipinski definition) is 1. The first kappa shape index (κ1) is 12.4. The molecule has 2 unspecified atom stereocenters. The molecule has 1 nitrogen and oxygen atoms in total. The molecule has 0 saturated carbocycles. The molecule has 1 aromatic rings. The van der Waals surface area contributed by atoms with Crippen LogP contribution in [0.4, 0.5) is 13.2 Å². The Labute approximate surface area is 99.0 Å². The van der Waals surface area contributed by atoms with E-state index in [9.17, 15) is 13.2 Å². The van der Waals surface area contributed by atoms with Gasteiger partial charge in [-0.05, 0) is 37.1 Å². The zero-order chi connectivity index (χ0) is 12.3. The Balaban J connectivity index is 1.99. The lowest BCUT2D eigenvalue weighted by Crippen LogP contribution is -2.35. The lowest BCUT2D eigenvalue weighted by atomic mass is 9.91. The Kier molecular flexibility index (Phi) is 4.05. The van der Waals surface area contributed by atoms with Gasteiger partial charge in [-0.15, -0.1) is 0 Å². The van der Waals surface area contributed by atoms with Gasteiger partial charge in [-0.25, -0.2) is 13.2 Å². The van der Waals surface area contributed by atoms with Crippen LogP contribution in [0.25, 0.3) is 0 Å². The molecule has 1 aliphatic heterocycles. The highest BCUT2D eigenvalue weighted by molar-refractivity contribution is 5.18. The highest BCUT2D eigenvalue weighted by Crippen LogP contribution is 2.21. The molecule has 1 heterocycles. The number of hydrogen-bond acceptors (Lipinski definition) is 1. The van der Waals surface area contributed by atoms with Crippen LogP contribution in [0.1, 0.15) is 18.4 Å². The molecule has 2 atom stereocenters. The second kappa shape index (κ2) is 5.54. The molecule has 0 aliphatic carbocycles. The molecule has 2 rings (SSSR count). The van der Waals surface area contributed by atoms with Crippen molar-refractivity contribution >= 4 is 0 Å². The van der Waals surface area contributed by atoms with Gasteiger partial charge in [-0.3, -0.25) is 0 Å². The Morgan fingerprint density at radius 2 is 1.94 bits per heavy atom. The standard InChI is InChI=1S/C13H16F3N/c14-11-4-9(5-12(15)7-11)6-13(16)10-2-1-3-17-8-10/h4-5,7,10,13,17H,1-3,6,8H2. The van der Waals surface area contributed by atoms with Crippen molar-refractivity contribution in [3.63, 3.8) is 0 Å². The monoisotopic (exact) mass is 243 g/mol. The number of alkyl halides is 1. The van der Waals surface area contributed by atoms with Gasteiger partial charge >= 0.3 is 0 Å². The molecule has 94 valence electrons. The Morgan fingerprint density at radius 1 is 1.24 bits per heavy atom. The van der Waals surface area contributed by atoms with Gasteiger partial charge in [0, 0.05) is 24.9 Å². The van der Waals surface area contributed by atoms with Crippen molar-refractivity contribution in [3.05, 3.63) is 35.4 Å². The lowest BCUT2D eigenvalue weighted by Gasteiger charge is -2.25. The minimum absolute atomic E-state index is 0.0462. The van der Waals surface area contributed by atoms with Crippen molar-refractivity contribution in [2.75, 3.05) is 13.1 Å². The van der Waals surface area contributed by atoms with E-state index in [1.54, 1.807) is 0 Å². The van der Waals surface area contributed by atoms with Gasteiger partial charge in [0.2, 0.25) is 0 Å². The third-order valence-electron chi connectivity index (χ3n) is 3.20. The van der Waals surface area contributed by atoms with Gasteiger partial charge in [0.05, 0.1) is 0 Å². The van der Waals surface area contributed by atoms with Crippen LogP contribution in [0.5, 0.6) is 0 Å². The van der Waals surface area contributed by atoms with Gasteiger partial charge in [-0.2, -0.15) is 0 Å². The summed E-state index contributed by atoms with van der Waals surface area (Å²) in [5, 5.41) is 3.14. The fourth-order valence-electron chi connectivity index (χ4n) is 2.31. The summed E-state index contributed by atoms with van der Waals surface area (Å²) >= 11 is 0. The topological polar surface area (TPSA) is 12.0 Å². The second-order valence-electron chi connectivity index (χ2n) is 4.60. The largest absolute Gasteiger partial charge is 0.316 e. The zero-order valence-electron chi connectivity index (χ0n) is 9.56. The number of benzene rings is 1. The average molecular weight is 243 g/mol. The van der Waals surface area contributed by atoms with Crippen LogP contribution >= 0.6 is 0 Å². The highest BCUT2D eigenvalue weighted by Gasteiger charge is 2.23. The normalized spacial score (nSPS) is 22.4. The van der Waals surface area contributed by atoms with E-state index in [2.05, 4.69) is 5.32 Å². The molecule has 4 heteroatoms. The van der Waals surface area contributed by atoms with E-state index in [1.165, 1.54) is 12.1 Å². The number of piperidine rings is 1. The van der Waals surface area contributed by atoms with Crippen molar-refractivity contribution in [1.82, 2.24) is 5.32 Å². The maximum Gasteiger partial charge on any atom is 0.126 e. The van der Waals surface area contributed by atoms with Gasteiger partial charge in [-0.1, -0.05) is 0 Å². The molecule has 0 spiro atoms. The summed E-state index contributed by atoms with van der Waals surface area (Å²) < 4.78 is 39.8. The number of halogens is 3. The van der Waals surface area contributed by atoms with Crippen LogP contribution < -0.4 is 5.32 Å². The van der Waals surface area contributed by atoms with Gasteiger partial charge in [0.15, 0.2) is 0 Å². The number of rotatable bonds is 3. The summed E-state index contributed by atoms with van der Waals surface area (Å²) in [4.78, 5) is 0. The molecule has 1 saturated heterocycles. The van der Waals surface area contributed by atoms with Crippen LogP contribution in [0.15, 0.2) is 18.2 Å². The quantitative estimate of drug-likeness (QED) is 0.860. The van der Waals surface area contributed by atoms with E-state index in [-0.39, 0.29) is 12.3 Å². The van der Waals surface area contributed by atoms with Crippen molar-refractivity contribution in [2.45, 2.75) is 25.4 Å². The first-order valence-electron chi connectivity index (χ1n) is 5.95. The van der Waals surface area contributed by atoms with Gasteiger partial charge in [0.1, 0.15) is 17.8 Å². The Bertz CT molecular complexity index is 355. The summed E-state index contributed by atoms with van der Waals surface area (Å²) in [6.45, 7) is 1.58. The van der Waals surface area contributed by atoms with Gasteiger partial charge < -0.3 is 5.32 Å². The summed E-state index contributed by atoms with van der Waals surface area (Å²) in [5.41, 5.74) is 0.389. The van der Waals surface area contributed by atoms with Crippen LogP contribution in [0, 0.1) is 17.6 Å². The Morgan fingerprint density at radius 3 is 2.53 bits per heavy atom. The first-order chi connectivity index (χ1) is 8.15. The second-order valence-corrected chi connectivity index (χ2v) is 4.60. The molecule has 1 aliphatic rings. The van der Waals surface area contributed by atoms with E-state index in [4.69, 9.17) is 0 Å². The smallest absolute Gasteiger partial charge is 0.126 e. The fourth-order valence-corrected chi connectivity index (χ4v) is 2.31. The van der Waals surface area contributed by atoms with Crippen molar-refractivity contribution in [1.29, 1.82) is 0 Å². The summed E-state index contributed by atoms with van der Waals surface area (Å²) in [5.74, 6) is -1.34. The van der Waals surface area contributed by atoms with Crippen molar-refractivity contribution < 1.29 is 13.2 Å². The van der Waals surface area contributed by atoms with E-state index in [0.717, 1.165) is 25.5 Å². The first-order valence-corrected chi connectivity index (χ1v) is 5.95. The molecule has 0 amide bonds. The van der Waals surface area contributed by atoms with E-state index >= 15 is 0 Å². The third kappa shape index (κ3) is 3.46. The summed E-state index contributed by atoms with van der Waals surface area (Å²) in [6.07, 6.45) is 0.847. The lowest BCUT2D eigenvalue weighted by molar-refractivity contribution is 0.191. The summed E-state index contributed by atoms with van der Waals surface area (Å²) in [6, 6.07) is 3.21. The predicted molar refractivity (Wildman–Crippen MR) is 60.6 cm³/mol. The molecule has 0 radical (unpaired) electrons. The van der Waals surface area contributed by atoms with E-state index < -0.39 is 17.8 Å². The van der Waals surface area contributed by atoms with E-state index in [0.29, 0.717) is 12.1 Å². The average Bonchev–Trinajstić information content (AvgIpc) is 2.28. The third-order valence-corrected chi connectivity index (χ3v) is 3.20. The molecule has 1 fully saturated rings. The summed E-state index contributed by atoms with van der Waals surface area (Å²) in [7, 11) is 0. The van der Waals surface area contributed by atoms with Gasteiger partial charge in [0.25, 0.3) is 0 Å². The predicted octanol–water partition coefficient (Wildman–Crippen LogP) is 2.85. The molecule has 1 aromatic carbocycles. The molecule has 0 bridgehead atoms. The van der Waals surface area contributed by atoms with Crippen LogP contribution in [0.3, 0.4) is 0 Å². The molecule has 0 aromatic heterocycles. The van der Waals surface area contributed by atoms with Crippen LogP contribution in [-0.2, 0) is 6.42 Å². The maximum absolute atomic E-state index is 14.0. The fraction of sp³-hybridized carbons (Fsp3) is 0.538. The number of nitrogens with one attached hydrogen (secondary N) is 1. The minimum atomic E-state index is -1.04. The molecular formula is C13H16F3N. The maximum atomic E-state index is 14.0. The Hall–Kier alpha value is -1.03. The highest BCUT2D eigenvalue weighted by atomic mass is 19.1. The van der Waals surface area contributed by atoms with Crippen molar-refractivity contribution in [2.24, 2.45) is 5.92 Å². The van der Waals surface area contributed by atoms with E-state index in [1.807, 2.05) is 0 Å². The molecular weight excluding hydrogens is 227 g/mol. The van der Waals surface area contributed by atoms with Crippen LogP contribution in [0.2, 0.25) is 0 Å². The molecule has 17 heavy (non-hydrogen) atoms. The van der Waals surface area contributed by atoms with Crippen molar-refractivity contribution in [3.8, 4) is 0 Å². The SMILES string of the molecule is Fc1cc(F)cc(CC(F)C2CCCNC2)c1.